The molecule has 2 aromatic heterocycles. The fraction of sp³-hybridized carbons (Fsp3) is 0.0204. The molecule has 10 aromatic rings. The Labute approximate surface area is 311 Å². The number of hydrogen-bond acceptors (Lipinski definition) is 4. The number of nitrogens with one attached hydrogen (secondary N) is 1. The van der Waals surface area contributed by atoms with Crippen LogP contribution in [0.2, 0.25) is 0 Å². The summed E-state index contributed by atoms with van der Waals surface area (Å²) in [6, 6.07) is 63.7. The molecule has 54 heavy (non-hydrogen) atoms. The monoisotopic (exact) mass is 692 g/mol. The lowest BCUT2D eigenvalue weighted by atomic mass is 9.97. The SMILES string of the molecule is c1ccc(C2=NC(c3ccccc3)NC(c3cc(-c4ccccc4)cc4oc5c(-n6c7ccccc7c7c8ccccc8ccc76)cccc5c34)=N2)cc1. The van der Waals surface area contributed by atoms with Crippen LogP contribution in [0.15, 0.2) is 196 Å². The lowest BCUT2D eigenvalue weighted by molar-refractivity contribution is 0.665. The third-order valence-electron chi connectivity index (χ3n) is 10.6. The van der Waals surface area contributed by atoms with Gasteiger partial charge in [0, 0.05) is 32.7 Å². The Balaban J connectivity index is 1.20. The molecule has 1 N–H and O–H groups in total. The minimum atomic E-state index is -0.328. The second-order valence-electron chi connectivity index (χ2n) is 13.8. The quantitative estimate of drug-likeness (QED) is 0.195. The normalized spacial score (nSPS) is 14.5. The molecule has 1 unspecified atom stereocenters. The smallest absolute Gasteiger partial charge is 0.159 e. The molecule has 0 radical (unpaired) electrons. The number of aliphatic imine (C=N–C) groups is 2. The third kappa shape index (κ3) is 4.79. The van der Waals surface area contributed by atoms with Crippen LogP contribution >= 0.6 is 0 Å². The molecule has 0 bridgehead atoms. The zero-order valence-corrected chi connectivity index (χ0v) is 29.1. The standard InChI is InChI=1S/C49H32N4O/c1-4-15-31(16-5-1)35-29-39(49-51-47(33-18-6-2-7-19-33)50-48(52-49)34-20-8-3-9-21-34)45-38-24-14-26-42(46(38)54-43(45)30-35)53-40-25-13-12-23-37(40)44-36-22-11-10-17-32(36)27-28-41(44)53/h1-30,47H,(H,50,51,52). The number of benzene rings is 8. The maximum absolute atomic E-state index is 7.08. The maximum atomic E-state index is 7.08. The Morgan fingerprint density at radius 3 is 2.02 bits per heavy atom. The number of furan rings is 1. The van der Waals surface area contributed by atoms with Crippen LogP contribution in [0, 0.1) is 0 Å². The van der Waals surface area contributed by atoms with E-state index in [0.29, 0.717) is 5.84 Å². The van der Waals surface area contributed by atoms with E-state index in [2.05, 4.69) is 162 Å². The Morgan fingerprint density at radius 1 is 0.519 bits per heavy atom. The summed E-state index contributed by atoms with van der Waals surface area (Å²) in [5.41, 5.74) is 10.0. The number of nitrogens with zero attached hydrogens (tertiary/aromatic N) is 3. The van der Waals surface area contributed by atoms with E-state index in [-0.39, 0.29) is 6.17 Å². The molecular formula is C49H32N4O. The van der Waals surface area contributed by atoms with Crippen LogP contribution in [0.3, 0.4) is 0 Å². The van der Waals surface area contributed by atoms with Gasteiger partial charge in [0.1, 0.15) is 17.6 Å². The van der Waals surface area contributed by atoms with Crippen LogP contribution in [0.25, 0.3) is 71.3 Å². The van der Waals surface area contributed by atoms with Crippen molar-refractivity contribution < 1.29 is 4.42 Å². The van der Waals surface area contributed by atoms with Crippen LogP contribution in [-0.4, -0.2) is 16.2 Å². The molecule has 0 aliphatic carbocycles. The van der Waals surface area contributed by atoms with Gasteiger partial charge in [0.05, 0.1) is 16.7 Å². The second-order valence-corrected chi connectivity index (χ2v) is 13.8. The first kappa shape index (κ1) is 30.4. The fourth-order valence-electron chi connectivity index (χ4n) is 8.18. The number of para-hydroxylation sites is 2. The molecule has 0 fully saturated rings. The summed E-state index contributed by atoms with van der Waals surface area (Å²) in [6.45, 7) is 0. The first-order valence-electron chi connectivity index (χ1n) is 18.3. The number of aromatic nitrogens is 1. The van der Waals surface area contributed by atoms with Crippen molar-refractivity contribution in [3.05, 3.63) is 199 Å². The van der Waals surface area contributed by atoms with E-state index in [1.54, 1.807) is 0 Å². The number of fused-ring (bicyclic) bond motifs is 8. The molecule has 0 saturated carbocycles. The maximum Gasteiger partial charge on any atom is 0.159 e. The largest absolute Gasteiger partial charge is 0.454 e. The number of amidine groups is 2. The van der Waals surface area contributed by atoms with Crippen LogP contribution < -0.4 is 5.32 Å². The summed E-state index contributed by atoms with van der Waals surface area (Å²) in [6.07, 6.45) is -0.328. The first-order chi connectivity index (χ1) is 26.8. The summed E-state index contributed by atoms with van der Waals surface area (Å²) in [5, 5.41) is 10.7. The van der Waals surface area contributed by atoms with Crippen LogP contribution in [0.1, 0.15) is 22.9 Å². The average molecular weight is 693 g/mol. The summed E-state index contributed by atoms with van der Waals surface area (Å²) >= 11 is 0. The molecule has 0 spiro atoms. The lowest BCUT2D eigenvalue weighted by Gasteiger charge is -2.24. The molecule has 254 valence electrons. The van der Waals surface area contributed by atoms with Gasteiger partial charge < -0.3 is 14.3 Å². The lowest BCUT2D eigenvalue weighted by Crippen LogP contribution is -2.33. The summed E-state index contributed by atoms with van der Waals surface area (Å²) < 4.78 is 9.44. The van der Waals surface area contributed by atoms with Crippen molar-refractivity contribution in [1.82, 2.24) is 9.88 Å². The Bertz CT molecular complexity index is 3120. The van der Waals surface area contributed by atoms with E-state index in [0.717, 1.165) is 72.3 Å². The topological polar surface area (TPSA) is 54.8 Å². The molecule has 5 nitrogen and oxygen atoms in total. The molecular weight excluding hydrogens is 661 g/mol. The molecule has 1 aliphatic rings. The van der Waals surface area contributed by atoms with Crippen LogP contribution in [0.4, 0.5) is 0 Å². The van der Waals surface area contributed by atoms with Gasteiger partial charge in [-0.1, -0.05) is 152 Å². The molecule has 11 rings (SSSR count). The van der Waals surface area contributed by atoms with Gasteiger partial charge in [0.2, 0.25) is 0 Å². The van der Waals surface area contributed by atoms with Crippen molar-refractivity contribution in [3.63, 3.8) is 0 Å². The molecule has 0 saturated heterocycles. The van der Waals surface area contributed by atoms with E-state index in [1.165, 1.54) is 21.5 Å². The van der Waals surface area contributed by atoms with Crippen LogP contribution in [-0.2, 0) is 0 Å². The van der Waals surface area contributed by atoms with Crippen molar-refractivity contribution in [2.45, 2.75) is 6.17 Å². The van der Waals surface area contributed by atoms with Gasteiger partial charge in [-0.2, -0.15) is 0 Å². The Kier molecular flexibility index (Phi) is 6.85. The predicted molar refractivity (Wildman–Crippen MR) is 223 cm³/mol. The first-order valence-corrected chi connectivity index (χ1v) is 18.3. The van der Waals surface area contributed by atoms with Gasteiger partial charge in [0.15, 0.2) is 11.4 Å². The minimum Gasteiger partial charge on any atom is -0.454 e. The highest BCUT2D eigenvalue weighted by Gasteiger charge is 2.26. The Hall–Kier alpha value is -7.24. The van der Waals surface area contributed by atoms with E-state index in [1.807, 2.05) is 30.3 Å². The molecule has 3 heterocycles. The van der Waals surface area contributed by atoms with E-state index in [4.69, 9.17) is 14.4 Å². The highest BCUT2D eigenvalue weighted by atomic mass is 16.3. The van der Waals surface area contributed by atoms with Crippen molar-refractivity contribution in [2.24, 2.45) is 9.98 Å². The van der Waals surface area contributed by atoms with Crippen LogP contribution in [0.5, 0.6) is 0 Å². The highest BCUT2D eigenvalue weighted by Crippen LogP contribution is 2.42. The molecule has 1 atom stereocenters. The fourth-order valence-corrected chi connectivity index (χ4v) is 8.18. The van der Waals surface area contributed by atoms with Crippen molar-refractivity contribution in [1.29, 1.82) is 0 Å². The predicted octanol–water partition coefficient (Wildman–Crippen LogP) is 12.0. The van der Waals surface area contributed by atoms with Crippen molar-refractivity contribution in [2.75, 3.05) is 0 Å². The molecule has 8 aromatic carbocycles. The number of rotatable bonds is 5. The van der Waals surface area contributed by atoms with Gasteiger partial charge in [-0.05, 0) is 57.8 Å². The molecule has 0 amide bonds. The average Bonchev–Trinajstić information content (AvgIpc) is 3.80. The number of hydrogen-bond donors (Lipinski definition) is 1. The molecule has 5 heteroatoms. The minimum absolute atomic E-state index is 0.328. The van der Waals surface area contributed by atoms with E-state index < -0.39 is 0 Å². The zero-order valence-electron chi connectivity index (χ0n) is 29.1. The van der Waals surface area contributed by atoms with Gasteiger partial charge in [-0.25, -0.2) is 9.98 Å². The Morgan fingerprint density at radius 2 is 1.20 bits per heavy atom. The highest BCUT2D eigenvalue weighted by molar-refractivity contribution is 6.25. The van der Waals surface area contributed by atoms with Gasteiger partial charge in [-0.15, -0.1) is 0 Å². The summed E-state index contributed by atoms with van der Waals surface area (Å²) in [4.78, 5) is 10.4. The van der Waals surface area contributed by atoms with E-state index in [9.17, 15) is 0 Å². The van der Waals surface area contributed by atoms with Crippen molar-refractivity contribution in [3.8, 4) is 16.8 Å². The van der Waals surface area contributed by atoms with Gasteiger partial charge in [-0.3, -0.25) is 0 Å². The van der Waals surface area contributed by atoms with Crippen molar-refractivity contribution >= 4 is 66.2 Å². The summed E-state index contributed by atoms with van der Waals surface area (Å²) in [7, 11) is 0. The van der Waals surface area contributed by atoms with E-state index >= 15 is 0 Å². The van der Waals surface area contributed by atoms with Gasteiger partial charge >= 0.3 is 0 Å². The molecule has 1 aliphatic heterocycles. The summed E-state index contributed by atoms with van der Waals surface area (Å²) in [5.74, 6) is 1.43. The van der Waals surface area contributed by atoms with Gasteiger partial charge in [0.25, 0.3) is 0 Å². The zero-order chi connectivity index (χ0) is 35.6. The third-order valence-corrected chi connectivity index (χ3v) is 10.6. The second kappa shape index (κ2) is 12.2.